The zero-order valence-corrected chi connectivity index (χ0v) is 14.2. The van der Waals surface area contributed by atoms with Crippen molar-refractivity contribution in [3.8, 4) is 10.6 Å². The molecular weight excluding hydrogens is 308 g/mol. The number of hydrogen-bond acceptors (Lipinski definition) is 4. The number of thiophene rings is 1. The van der Waals surface area contributed by atoms with Crippen LogP contribution in [0.3, 0.4) is 0 Å². The minimum Gasteiger partial charge on any atom is -0.333 e. The lowest BCUT2D eigenvalue weighted by Gasteiger charge is -2.32. The molecule has 2 saturated heterocycles. The molecule has 4 rings (SSSR count). The molecule has 2 aliphatic heterocycles. The first-order valence-corrected chi connectivity index (χ1v) is 9.22. The molecule has 0 aliphatic carbocycles. The maximum atomic E-state index is 12.9. The topological polar surface area (TPSA) is 52.2 Å². The van der Waals surface area contributed by atoms with Crippen molar-refractivity contribution in [2.45, 2.75) is 37.8 Å². The molecule has 0 aromatic carbocycles. The van der Waals surface area contributed by atoms with Gasteiger partial charge in [0, 0.05) is 18.6 Å². The van der Waals surface area contributed by atoms with Gasteiger partial charge in [-0.2, -0.15) is 5.10 Å². The van der Waals surface area contributed by atoms with E-state index in [1.165, 1.54) is 12.8 Å². The van der Waals surface area contributed by atoms with Crippen LogP contribution in [0.2, 0.25) is 0 Å². The average Bonchev–Trinajstić information content (AvgIpc) is 3.31. The van der Waals surface area contributed by atoms with E-state index in [2.05, 4.69) is 27.0 Å². The van der Waals surface area contributed by atoms with E-state index in [9.17, 15) is 4.79 Å². The maximum Gasteiger partial charge on any atom is 0.274 e. The van der Waals surface area contributed by atoms with Crippen molar-refractivity contribution in [2.75, 3.05) is 20.1 Å². The number of carbonyl (C=O) groups excluding carboxylic acids is 1. The Hall–Kier alpha value is -1.66. The van der Waals surface area contributed by atoms with Crippen molar-refractivity contribution < 1.29 is 4.79 Å². The van der Waals surface area contributed by atoms with Crippen molar-refractivity contribution in [2.24, 2.45) is 0 Å². The van der Waals surface area contributed by atoms with Gasteiger partial charge in [-0.1, -0.05) is 6.07 Å². The Morgan fingerprint density at radius 2 is 2.13 bits per heavy atom. The number of amides is 1. The van der Waals surface area contributed by atoms with Crippen molar-refractivity contribution in [1.29, 1.82) is 0 Å². The van der Waals surface area contributed by atoms with E-state index in [0.717, 1.165) is 36.5 Å². The predicted molar refractivity (Wildman–Crippen MR) is 91.6 cm³/mol. The number of hydrogen-bond donors (Lipinski definition) is 1. The summed E-state index contributed by atoms with van der Waals surface area (Å²) in [6.07, 6.45) is 4.66. The third-order valence-electron chi connectivity index (χ3n) is 5.16. The fourth-order valence-electron chi connectivity index (χ4n) is 4.00. The second-order valence-electron chi connectivity index (χ2n) is 6.54. The van der Waals surface area contributed by atoms with Gasteiger partial charge in [0.1, 0.15) is 0 Å². The Morgan fingerprint density at radius 3 is 2.87 bits per heavy atom. The van der Waals surface area contributed by atoms with Crippen LogP contribution in [0.25, 0.3) is 10.6 Å². The fourth-order valence-corrected chi connectivity index (χ4v) is 4.70. The highest BCUT2D eigenvalue weighted by Gasteiger charge is 2.39. The monoisotopic (exact) mass is 330 g/mol. The van der Waals surface area contributed by atoms with E-state index in [4.69, 9.17) is 0 Å². The van der Waals surface area contributed by atoms with Gasteiger partial charge in [-0.25, -0.2) is 0 Å². The van der Waals surface area contributed by atoms with Gasteiger partial charge in [-0.15, -0.1) is 11.3 Å². The van der Waals surface area contributed by atoms with Gasteiger partial charge in [0.25, 0.3) is 5.91 Å². The number of H-pyrrole nitrogens is 1. The largest absolute Gasteiger partial charge is 0.333 e. The number of likely N-dealkylation sites (tertiary alicyclic amines) is 2. The van der Waals surface area contributed by atoms with Gasteiger partial charge >= 0.3 is 0 Å². The number of carbonyl (C=O) groups is 1. The quantitative estimate of drug-likeness (QED) is 0.941. The third-order valence-corrected chi connectivity index (χ3v) is 6.07. The molecule has 2 fully saturated rings. The number of likely N-dealkylation sites (N-methyl/N-ethyl adjacent to an activating group) is 1. The lowest BCUT2D eigenvalue weighted by atomic mass is 10.0. The molecule has 6 heteroatoms. The lowest BCUT2D eigenvalue weighted by Crippen LogP contribution is -2.47. The second-order valence-corrected chi connectivity index (χ2v) is 7.49. The zero-order chi connectivity index (χ0) is 15.8. The maximum absolute atomic E-state index is 12.9. The fraction of sp³-hybridized carbons (Fsp3) is 0.529. The first kappa shape index (κ1) is 14.9. The minimum atomic E-state index is 0.0758. The smallest absolute Gasteiger partial charge is 0.274 e. The van der Waals surface area contributed by atoms with E-state index in [0.29, 0.717) is 17.8 Å². The van der Waals surface area contributed by atoms with Crippen molar-refractivity contribution in [3.63, 3.8) is 0 Å². The molecule has 2 aromatic rings. The van der Waals surface area contributed by atoms with Crippen LogP contribution in [-0.2, 0) is 0 Å². The molecule has 122 valence electrons. The van der Waals surface area contributed by atoms with E-state index in [-0.39, 0.29) is 5.91 Å². The summed E-state index contributed by atoms with van der Waals surface area (Å²) in [5.74, 6) is 0.0758. The Labute approximate surface area is 140 Å². The average molecular weight is 330 g/mol. The summed E-state index contributed by atoms with van der Waals surface area (Å²) in [5.41, 5.74) is 1.47. The normalized spacial score (nSPS) is 25.3. The zero-order valence-electron chi connectivity index (χ0n) is 13.4. The highest BCUT2D eigenvalue weighted by atomic mass is 32.1. The molecule has 23 heavy (non-hydrogen) atoms. The van der Waals surface area contributed by atoms with Gasteiger partial charge in [0.05, 0.1) is 10.6 Å². The Morgan fingerprint density at radius 1 is 1.30 bits per heavy atom. The van der Waals surface area contributed by atoms with Gasteiger partial charge in [0.2, 0.25) is 0 Å². The van der Waals surface area contributed by atoms with E-state index in [1.807, 2.05) is 23.6 Å². The van der Waals surface area contributed by atoms with Crippen LogP contribution in [0.15, 0.2) is 23.6 Å². The first-order valence-electron chi connectivity index (χ1n) is 8.34. The molecule has 2 aliphatic rings. The SMILES string of the molecule is CN1CCC[C@H]1[C@H]1CCCN1C(=O)c1cc(-c2cccs2)[nH]n1. The van der Waals surface area contributed by atoms with E-state index >= 15 is 0 Å². The first-order chi connectivity index (χ1) is 11.2. The van der Waals surface area contributed by atoms with E-state index in [1.54, 1.807) is 11.3 Å². The number of aromatic amines is 1. The van der Waals surface area contributed by atoms with Gasteiger partial charge < -0.3 is 9.80 Å². The minimum absolute atomic E-state index is 0.0758. The molecule has 5 nitrogen and oxygen atoms in total. The highest BCUT2D eigenvalue weighted by Crippen LogP contribution is 2.30. The molecule has 0 spiro atoms. The summed E-state index contributed by atoms with van der Waals surface area (Å²) in [4.78, 5) is 18.5. The molecule has 1 amide bonds. The standard InChI is InChI=1S/C17H22N4OS/c1-20-8-2-5-14(20)15-6-3-9-21(15)17(22)13-11-12(18-19-13)16-7-4-10-23-16/h4,7,10-11,14-15H,2-3,5-6,8-9H2,1H3,(H,18,19)/t14-,15+/m0/s1. The number of aromatic nitrogens is 2. The Bertz CT molecular complexity index is 681. The molecule has 4 heterocycles. The highest BCUT2D eigenvalue weighted by molar-refractivity contribution is 7.13. The molecule has 2 aromatic heterocycles. The van der Waals surface area contributed by atoms with Crippen LogP contribution < -0.4 is 0 Å². The van der Waals surface area contributed by atoms with Gasteiger partial charge in [-0.3, -0.25) is 9.89 Å². The van der Waals surface area contributed by atoms with Crippen molar-refractivity contribution >= 4 is 17.2 Å². The molecule has 2 atom stereocenters. The van der Waals surface area contributed by atoms with Crippen molar-refractivity contribution in [1.82, 2.24) is 20.0 Å². The summed E-state index contributed by atoms with van der Waals surface area (Å²) in [5, 5.41) is 9.31. The summed E-state index contributed by atoms with van der Waals surface area (Å²) < 4.78 is 0. The van der Waals surface area contributed by atoms with Crippen LogP contribution in [0.1, 0.15) is 36.2 Å². The molecule has 0 radical (unpaired) electrons. The molecular formula is C17H22N4OS. The lowest BCUT2D eigenvalue weighted by molar-refractivity contribution is 0.0658. The number of nitrogens with zero attached hydrogens (tertiary/aromatic N) is 3. The summed E-state index contributed by atoms with van der Waals surface area (Å²) in [6, 6.07) is 6.80. The van der Waals surface area contributed by atoms with Gasteiger partial charge in [0.15, 0.2) is 5.69 Å². The van der Waals surface area contributed by atoms with Crippen LogP contribution in [-0.4, -0.2) is 58.1 Å². The molecule has 0 bridgehead atoms. The van der Waals surface area contributed by atoms with Gasteiger partial charge in [-0.05, 0) is 56.8 Å². The summed E-state index contributed by atoms with van der Waals surface area (Å²) in [7, 11) is 2.18. The predicted octanol–water partition coefficient (Wildman–Crippen LogP) is 2.84. The van der Waals surface area contributed by atoms with Crippen LogP contribution >= 0.6 is 11.3 Å². The third kappa shape index (κ3) is 2.70. The Kier molecular flexibility index (Phi) is 3.95. The molecule has 1 N–H and O–H groups in total. The van der Waals surface area contributed by atoms with Crippen molar-refractivity contribution in [3.05, 3.63) is 29.3 Å². The Balaban J connectivity index is 1.54. The summed E-state index contributed by atoms with van der Waals surface area (Å²) in [6.45, 7) is 2.00. The van der Waals surface area contributed by atoms with Crippen LogP contribution in [0.5, 0.6) is 0 Å². The van der Waals surface area contributed by atoms with Crippen LogP contribution in [0, 0.1) is 0 Å². The number of nitrogens with one attached hydrogen (secondary N) is 1. The van der Waals surface area contributed by atoms with Crippen LogP contribution in [0.4, 0.5) is 0 Å². The molecule has 0 unspecified atom stereocenters. The summed E-state index contributed by atoms with van der Waals surface area (Å²) >= 11 is 1.65. The van der Waals surface area contributed by atoms with E-state index < -0.39 is 0 Å². The molecule has 0 saturated carbocycles. The number of rotatable bonds is 3. The second kappa shape index (κ2) is 6.09.